The van der Waals surface area contributed by atoms with Gasteiger partial charge in [-0.15, -0.1) is 0 Å². The summed E-state index contributed by atoms with van der Waals surface area (Å²) in [5, 5.41) is 0. The Labute approximate surface area is 274 Å². The third-order valence-electron chi connectivity index (χ3n) is 8.34. The third-order valence-corrected chi connectivity index (χ3v) is 8.34. The van der Waals surface area contributed by atoms with Crippen LogP contribution in [0, 0.1) is 0 Å². The summed E-state index contributed by atoms with van der Waals surface area (Å²) < 4.78 is 0. The van der Waals surface area contributed by atoms with E-state index < -0.39 is 0 Å². The molecule has 4 nitrogen and oxygen atoms in total. The van der Waals surface area contributed by atoms with Crippen LogP contribution in [-0.4, -0.2) is 39.3 Å². The fourth-order valence-corrected chi connectivity index (χ4v) is 5.95. The van der Waals surface area contributed by atoms with Crippen LogP contribution in [0.4, 0.5) is 34.1 Å². The van der Waals surface area contributed by atoms with Gasteiger partial charge in [0, 0.05) is 73.4 Å². The highest BCUT2D eigenvalue weighted by Gasteiger charge is 2.16. The van der Waals surface area contributed by atoms with Crippen molar-refractivity contribution in [3.63, 3.8) is 0 Å². The lowest BCUT2D eigenvalue weighted by molar-refractivity contribution is 0.716. The average Bonchev–Trinajstić information content (AvgIpc) is 3.14. The van der Waals surface area contributed by atoms with Crippen LogP contribution >= 0.6 is 0 Å². The number of hydrogen-bond acceptors (Lipinski definition) is 4. The number of para-hydroxylation sites is 6. The Kier molecular flexibility index (Phi) is 10.6. The van der Waals surface area contributed by atoms with Crippen molar-refractivity contribution in [1.82, 2.24) is 0 Å². The van der Waals surface area contributed by atoms with E-state index in [0.29, 0.717) is 0 Å². The standard InChI is InChI=1S/C42H42N4/c1-7-19-37(20-8-1)43(33-35-45(39-23-11-3-12-24-39)40-25-13-4-14-26-40)31-32-44(38-21-9-2-10-22-38)34-36-46(41-27-15-5-16-28-41)42-29-17-6-18-30-42/h1-30H,31-36H2. The molecule has 0 aliphatic heterocycles. The molecule has 0 fully saturated rings. The number of rotatable bonds is 15. The molecule has 0 atom stereocenters. The first-order valence-electron chi connectivity index (χ1n) is 16.2. The Hall–Kier alpha value is -5.48. The minimum Gasteiger partial charge on any atom is -0.368 e. The van der Waals surface area contributed by atoms with Gasteiger partial charge in [0.1, 0.15) is 0 Å². The minimum atomic E-state index is 0.865. The fourth-order valence-electron chi connectivity index (χ4n) is 5.95. The normalized spacial score (nSPS) is 10.7. The molecule has 6 rings (SSSR count). The predicted octanol–water partition coefficient (Wildman–Crippen LogP) is 9.68. The quantitative estimate of drug-likeness (QED) is 0.116. The summed E-state index contributed by atoms with van der Waals surface area (Å²) in [6.45, 7) is 5.29. The molecule has 0 heterocycles. The van der Waals surface area contributed by atoms with Crippen molar-refractivity contribution in [3.8, 4) is 0 Å². The van der Waals surface area contributed by atoms with Crippen LogP contribution in [0.5, 0.6) is 0 Å². The first-order valence-corrected chi connectivity index (χ1v) is 16.2. The van der Waals surface area contributed by atoms with Crippen LogP contribution in [0.3, 0.4) is 0 Å². The van der Waals surface area contributed by atoms with E-state index in [2.05, 4.69) is 202 Å². The van der Waals surface area contributed by atoms with Gasteiger partial charge in [-0.25, -0.2) is 0 Å². The van der Waals surface area contributed by atoms with Crippen LogP contribution in [0.15, 0.2) is 182 Å². The molecule has 0 spiro atoms. The molecule has 0 unspecified atom stereocenters. The van der Waals surface area contributed by atoms with Crippen molar-refractivity contribution in [2.45, 2.75) is 0 Å². The van der Waals surface area contributed by atoms with Crippen molar-refractivity contribution in [2.24, 2.45) is 0 Å². The molecular formula is C42H42N4. The summed E-state index contributed by atoms with van der Waals surface area (Å²) in [6, 6.07) is 64.5. The van der Waals surface area contributed by atoms with Crippen molar-refractivity contribution < 1.29 is 0 Å². The molecule has 4 heteroatoms. The van der Waals surface area contributed by atoms with E-state index in [4.69, 9.17) is 0 Å². The molecule has 46 heavy (non-hydrogen) atoms. The summed E-state index contributed by atoms with van der Waals surface area (Å²) in [5.41, 5.74) is 7.30. The molecule has 230 valence electrons. The first kappa shape index (κ1) is 30.5. The van der Waals surface area contributed by atoms with Gasteiger partial charge in [0.2, 0.25) is 0 Å². The Morgan fingerprint density at radius 2 is 0.413 bits per heavy atom. The largest absolute Gasteiger partial charge is 0.368 e. The lowest BCUT2D eigenvalue weighted by Gasteiger charge is -2.34. The molecule has 0 aromatic heterocycles. The topological polar surface area (TPSA) is 13.0 Å². The molecule has 0 bridgehead atoms. The molecule has 0 amide bonds. The third kappa shape index (κ3) is 8.16. The van der Waals surface area contributed by atoms with E-state index in [1.807, 2.05) is 0 Å². The molecule has 0 N–H and O–H groups in total. The van der Waals surface area contributed by atoms with Crippen molar-refractivity contribution in [1.29, 1.82) is 0 Å². The number of hydrogen-bond donors (Lipinski definition) is 0. The Morgan fingerprint density at radius 1 is 0.217 bits per heavy atom. The second kappa shape index (κ2) is 16.0. The fraction of sp³-hybridized carbons (Fsp3) is 0.143. The molecule has 0 aliphatic rings. The van der Waals surface area contributed by atoms with Crippen molar-refractivity contribution in [3.05, 3.63) is 182 Å². The van der Waals surface area contributed by atoms with Gasteiger partial charge in [-0.05, 0) is 72.8 Å². The summed E-state index contributed by atoms with van der Waals surface area (Å²) in [4.78, 5) is 9.90. The zero-order valence-corrected chi connectivity index (χ0v) is 26.4. The SMILES string of the molecule is c1ccc(N(CCN(CCN(c2ccccc2)c2ccccc2)c2ccccc2)CCN(c2ccccc2)c2ccccc2)cc1. The average molecular weight is 603 g/mol. The van der Waals surface area contributed by atoms with E-state index in [1.54, 1.807) is 0 Å². The summed E-state index contributed by atoms with van der Waals surface area (Å²) in [5.74, 6) is 0. The maximum absolute atomic E-state index is 2.53. The Bertz CT molecular complexity index is 1470. The molecule has 0 aliphatic carbocycles. The lowest BCUT2D eigenvalue weighted by Crippen LogP contribution is -2.41. The second-order valence-corrected chi connectivity index (χ2v) is 11.3. The second-order valence-electron chi connectivity index (χ2n) is 11.3. The van der Waals surface area contributed by atoms with Gasteiger partial charge in [0.25, 0.3) is 0 Å². The van der Waals surface area contributed by atoms with Crippen LogP contribution in [0.25, 0.3) is 0 Å². The molecule has 6 aromatic carbocycles. The number of benzene rings is 6. The lowest BCUT2D eigenvalue weighted by atomic mass is 10.2. The van der Waals surface area contributed by atoms with Gasteiger partial charge in [-0.3, -0.25) is 0 Å². The van der Waals surface area contributed by atoms with E-state index in [1.165, 1.54) is 34.1 Å². The maximum atomic E-state index is 2.53. The van der Waals surface area contributed by atoms with E-state index in [-0.39, 0.29) is 0 Å². The molecule has 6 aromatic rings. The van der Waals surface area contributed by atoms with Gasteiger partial charge in [0.15, 0.2) is 0 Å². The molecule has 0 saturated carbocycles. The molecule has 0 radical (unpaired) electrons. The van der Waals surface area contributed by atoms with Crippen LogP contribution in [-0.2, 0) is 0 Å². The van der Waals surface area contributed by atoms with Crippen molar-refractivity contribution >= 4 is 34.1 Å². The highest BCUT2D eigenvalue weighted by atomic mass is 15.2. The summed E-state index contributed by atoms with van der Waals surface area (Å²) in [6.07, 6.45) is 0. The zero-order valence-electron chi connectivity index (χ0n) is 26.4. The Balaban J connectivity index is 1.22. The molecule has 0 saturated heterocycles. The Morgan fingerprint density at radius 3 is 0.652 bits per heavy atom. The summed E-state index contributed by atoms with van der Waals surface area (Å²) >= 11 is 0. The van der Waals surface area contributed by atoms with E-state index in [0.717, 1.165) is 39.3 Å². The monoisotopic (exact) mass is 602 g/mol. The smallest absolute Gasteiger partial charge is 0.0411 e. The van der Waals surface area contributed by atoms with E-state index >= 15 is 0 Å². The van der Waals surface area contributed by atoms with Gasteiger partial charge in [0.05, 0.1) is 0 Å². The first-order chi connectivity index (χ1) is 22.8. The highest BCUT2D eigenvalue weighted by Crippen LogP contribution is 2.27. The number of nitrogens with zero attached hydrogens (tertiary/aromatic N) is 4. The van der Waals surface area contributed by atoms with E-state index in [9.17, 15) is 0 Å². The number of anilines is 6. The molecular weight excluding hydrogens is 560 g/mol. The van der Waals surface area contributed by atoms with Gasteiger partial charge < -0.3 is 19.6 Å². The zero-order chi connectivity index (χ0) is 31.2. The summed E-state index contributed by atoms with van der Waals surface area (Å²) in [7, 11) is 0. The van der Waals surface area contributed by atoms with Crippen LogP contribution in [0.2, 0.25) is 0 Å². The van der Waals surface area contributed by atoms with Gasteiger partial charge in [-0.1, -0.05) is 109 Å². The minimum absolute atomic E-state index is 0.865. The maximum Gasteiger partial charge on any atom is 0.0411 e. The van der Waals surface area contributed by atoms with Crippen molar-refractivity contribution in [2.75, 3.05) is 58.9 Å². The highest BCUT2D eigenvalue weighted by molar-refractivity contribution is 5.64. The van der Waals surface area contributed by atoms with Crippen LogP contribution < -0.4 is 19.6 Å². The predicted molar refractivity (Wildman–Crippen MR) is 197 cm³/mol. The van der Waals surface area contributed by atoms with Gasteiger partial charge in [-0.2, -0.15) is 0 Å². The van der Waals surface area contributed by atoms with Crippen LogP contribution in [0.1, 0.15) is 0 Å². The van der Waals surface area contributed by atoms with Gasteiger partial charge >= 0.3 is 0 Å².